The molecule has 3 rings (SSSR count). The van der Waals surface area contributed by atoms with Gasteiger partial charge in [0.1, 0.15) is 5.82 Å². The summed E-state index contributed by atoms with van der Waals surface area (Å²) in [6.45, 7) is 2.00. The molecule has 0 saturated heterocycles. The molecule has 0 spiro atoms. The summed E-state index contributed by atoms with van der Waals surface area (Å²) in [4.78, 5) is 19.7. The molecule has 2 heterocycles. The van der Waals surface area contributed by atoms with Crippen molar-refractivity contribution in [2.24, 2.45) is 0 Å². The first-order valence-corrected chi connectivity index (χ1v) is 8.61. The van der Waals surface area contributed by atoms with Gasteiger partial charge in [-0.05, 0) is 30.0 Å². The summed E-state index contributed by atoms with van der Waals surface area (Å²) in [5.41, 5.74) is -1.61. The van der Waals surface area contributed by atoms with E-state index in [4.69, 9.17) is 0 Å². The van der Waals surface area contributed by atoms with E-state index < -0.39 is 29.2 Å². The van der Waals surface area contributed by atoms with Crippen LogP contribution in [0.3, 0.4) is 0 Å². The SMILES string of the molecule is CCCC(O)Cn1ccc2cc(-c3ncc(C(F)(F)F)cn3)c(F)cc2c1=O. The van der Waals surface area contributed by atoms with Gasteiger partial charge in [-0.25, -0.2) is 14.4 Å². The van der Waals surface area contributed by atoms with Crippen LogP contribution < -0.4 is 5.56 Å². The third-order valence-corrected chi connectivity index (χ3v) is 4.31. The third-order valence-electron chi connectivity index (χ3n) is 4.31. The van der Waals surface area contributed by atoms with Gasteiger partial charge in [-0.1, -0.05) is 13.3 Å². The fourth-order valence-electron chi connectivity index (χ4n) is 2.89. The zero-order valence-corrected chi connectivity index (χ0v) is 14.9. The highest BCUT2D eigenvalue weighted by molar-refractivity contribution is 5.85. The van der Waals surface area contributed by atoms with Crippen LogP contribution in [-0.4, -0.2) is 25.7 Å². The largest absolute Gasteiger partial charge is 0.419 e. The number of nitrogens with zero attached hydrogens (tertiary/aromatic N) is 3. The predicted molar refractivity (Wildman–Crippen MR) is 95.1 cm³/mol. The lowest BCUT2D eigenvalue weighted by Gasteiger charge is -2.13. The highest BCUT2D eigenvalue weighted by Crippen LogP contribution is 2.29. The average molecular weight is 395 g/mol. The molecule has 0 aliphatic heterocycles. The summed E-state index contributed by atoms with van der Waals surface area (Å²) in [6.07, 6.45) is -1.34. The smallest absolute Gasteiger partial charge is 0.391 e. The third kappa shape index (κ3) is 4.04. The number of aromatic nitrogens is 3. The van der Waals surface area contributed by atoms with Crippen LogP contribution in [0.4, 0.5) is 17.6 Å². The molecule has 1 unspecified atom stereocenters. The van der Waals surface area contributed by atoms with Crippen molar-refractivity contribution in [1.29, 1.82) is 0 Å². The van der Waals surface area contributed by atoms with Crippen LogP contribution in [0, 0.1) is 5.82 Å². The molecular weight excluding hydrogens is 378 g/mol. The van der Waals surface area contributed by atoms with Crippen LogP contribution in [0.2, 0.25) is 0 Å². The van der Waals surface area contributed by atoms with Gasteiger partial charge in [0.2, 0.25) is 0 Å². The summed E-state index contributed by atoms with van der Waals surface area (Å²) in [5, 5.41) is 10.4. The van der Waals surface area contributed by atoms with Crippen LogP contribution >= 0.6 is 0 Å². The standard InChI is InChI=1S/C19H17F4N3O2/c1-2-3-13(27)10-26-5-4-11-6-15(16(20)7-14(11)18(26)28)17-24-8-12(9-25-17)19(21,22)23/h4-9,13,27H,2-3,10H2,1H3. The van der Waals surface area contributed by atoms with Crippen molar-refractivity contribution in [2.75, 3.05) is 0 Å². The lowest BCUT2D eigenvalue weighted by molar-refractivity contribution is -0.138. The number of pyridine rings is 1. The van der Waals surface area contributed by atoms with E-state index in [1.54, 1.807) is 6.07 Å². The van der Waals surface area contributed by atoms with Gasteiger partial charge >= 0.3 is 6.18 Å². The van der Waals surface area contributed by atoms with E-state index in [0.29, 0.717) is 24.2 Å². The van der Waals surface area contributed by atoms with Crippen LogP contribution in [0.1, 0.15) is 25.3 Å². The number of aliphatic hydroxyl groups is 1. The molecule has 3 aromatic rings. The highest BCUT2D eigenvalue weighted by atomic mass is 19.4. The maximum Gasteiger partial charge on any atom is 0.419 e. The van der Waals surface area contributed by atoms with Gasteiger partial charge in [0.15, 0.2) is 5.82 Å². The van der Waals surface area contributed by atoms with Crippen LogP contribution in [0.25, 0.3) is 22.2 Å². The molecule has 0 saturated carbocycles. The summed E-state index contributed by atoms with van der Waals surface area (Å²) in [7, 11) is 0. The van der Waals surface area contributed by atoms with Crippen LogP contribution in [-0.2, 0) is 12.7 Å². The van der Waals surface area contributed by atoms with Gasteiger partial charge < -0.3 is 9.67 Å². The monoisotopic (exact) mass is 395 g/mol. The molecule has 5 nitrogen and oxygen atoms in total. The average Bonchev–Trinajstić information content (AvgIpc) is 2.64. The van der Waals surface area contributed by atoms with Crippen molar-refractivity contribution in [2.45, 2.75) is 38.6 Å². The zero-order chi connectivity index (χ0) is 20.5. The minimum Gasteiger partial charge on any atom is -0.391 e. The first-order chi connectivity index (χ1) is 13.2. The molecule has 1 atom stereocenters. The van der Waals surface area contributed by atoms with Crippen molar-refractivity contribution in [3.8, 4) is 11.4 Å². The number of aliphatic hydroxyl groups excluding tert-OH is 1. The van der Waals surface area contributed by atoms with E-state index in [-0.39, 0.29) is 23.3 Å². The van der Waals surface area contributed by atoms with Gasteiger partial charge in [-0.2, -0.15) is 13.2 Å². The van der Waals surface area contributed by atoms with Crippen LogP contribution in [0.5, 0.6) is 0 Å². The quantitative estimate of drug-likeness (QED) is 0.668. The molecule has 1 aromatic carbocycles. The van der Waals surface area contributed by atoms with E-state index in [1.807, 2.05) is 6.92 Å². The van der Waals surface area contributed by atoms with Gasteiger partial charge in [0, 0.05) is 18.6 Å². The molecule has 0 bridgehead atoms. The Balaban J connectivity index is 2.01. The predicted octanol–water partition coefficient (Wildman–Crippen LogP) is 3.78. The lowest BCUT2D eigenvalue weighted by atomic mass is 10.1. The number of alkyl halides is 3. The van der Waals surface area contributed by atoms with E-state index in [1.165, 1.54) is 16.8 Å². The molecule has 1 N–H and O–H groups in total. The number of halogens is 4. The van der Waals surface area contributed by atoms with Crippen molar-refractivity contribution < 1.29 is 22.7 Å². The molecule has 148 valence electrons. The number of fused-ring (bicyclic) bond motifs is 1. The van der Waals surface area contributed by atoms with Gasteiger partial charge in [0.05, 0.1) is 29.2 Å². The molecular formula is C19H17F4N3O2. The molecule has 0 aliphatic rings. The highest BCUT2D eigenvalue weighted by Gasteiger charge is 2.31. The Bertz CT molecular complexity index is 1050. The molecule has 9 heteroatoms. The molecule has 2 aromatic heterocycles. The Hall–Kier alpha value is -2.81. The fourth-order valence-corrected chi connectivity index (χ4v) is 2.89. The number of hydrogen-bond donors (Lipinski definition) is 1. The van der Waals surface area contributed by atoms with Crippen molar-refractivity contribution in [1.82, 2.24) is 14.5 Å². The normalized spacial score (nSPS) is 13.1. The van der Waals surface area contributed by atoms with E-state index in [9.17, 15) is 27.5 Å². The van der Waals surface area contributed by atoms with Crippen molar-refractivity contribution in [3.05, 3.63) is 58.5 Å². The Morgan fingerprint density at radius 1 is 1.21 bits per heavy atom. The van der Waals surface area contributed by atoms with Gasteiger partial charge in [-0.15, -0.1) is 0 Å². The number of benzene rings is 1. The van der Waals surface area contributed by atoms with Crippen molar-refractivity contribution in [3.63, 3.8) is 0 Å². The molecule has 0 aliphatic carbocycles. The molecule has 0 fully saturated rings. The molecule has 28 heavy (non-hydrogen) atoms. The zero-order valence-electron chi connectivity index (χ0n) is 14.9. The summed E-state index contributed by atoms with van der Waals surface area (Å²) >= 11 is 0. The molecule has 0 amide bonds. The maximum absolute atomic E-state index is 14.5. The summed E-state index contributed by atoms with van der Waals surface area (Å²) in [5.74, 6) is -1.04. The van der Waals surface area contributed by atoms with E-state index in [0.717, 1.165) is 12.5 Å². The maximum atomic E-state index is 14.5. The topological polar surface area (TPSA) is 68.0 Å². The Kier molecular flexibility index (Phi) is 5.46. The Morgan fingerprint density at radius 2 is 1.89 bits per heavy atom. The number of hydrogen-bond acceptors (Lipinski definition) is 4. The minimum absolute atomic E-state index is 0.0913. The number of rotatable bonds is 5. The van der Waals surface area contributed by atoms with Gasteiger partial charge in [-0.3, -0.25) is 4.79 Å². The summed E-state index contributed by atoms with van der Waals surface area (Å²) < 4.78 is 53.7. The Labute approximate surface area is 157 Å². The van der Waals surface area contributed by atoms with E-state index >= 15 is 0 Å². The fraction of sp³-hybridized carbons (Fsp3) is 0.316. The van der Waals surface area contributed by atoms with E-state index in [2.05, 4.69) is 9.97 Å². The first-order valence-electron chi connectivity index (χ1n) is 8.61. The van der Waals surface area contributed by atoms with Crippen LogP contribution in [0.15, 0.2) is 41.6 Å². The second kappa shape index (κ2) is 7.67. The second-order valence-corrected chi connectivity index (χ2v) is 6.43. The lowest BCUT2D eigenvalue weighted by Crippen LogP contribution is -2.26. The Morgan fingerprint density at radius 3 is 2.50 bits per heavy atom. The molecule has 0 radical (unpaired) electrons. The summed E-state index contributed by atoms with van der Waals surface area (Å²) in [6, 6.07) is 3.90. The first kappa shape index (κ1) is 19.9. The van der Waals surface area contributed by atoms with Gasteiger partial charge in [0.25, 0.3) is 5.56 Å². The minimum atomic E-state index is -4.59. The van der Waals surface area contributed by atoms with Crippen molar-refractivity contribution >= 4 is 10.8 Å². The second-order valence-electron chi connectivity index (χ2n) is 6.43.